The monoisotopic (exact) mass is 181 g/mol. The third-order valence-corrected chi connectivity index (χ3v) is 1.63. The van der Waals surface area contributed by atoms with E-state index in [2.05, 4.69) is 5.43 Å². The van der Waals surface area contributed by atoms with Gasteiger partial charge >= 0.3 is 0 Å². The van der Waals surface area contributed by atoms with Gasteiger partial charge in [0.1, 0.15) is 5.75 Å². The van der Waals surface area contributed by atoms with Crippen LogP contribution in [0.2, 0.25) is 0 Å². The molecule has 13 heavy (non-hydrogen) atoms. The first-order valence-electron chi connectivity index (χ1n) is 4.01. The molecule has 1 aromatic rings. The standard InChI is InChI=1S/C9H15N3O/c1-12(2)11-7-5-4-6-8(13-3)9(7)10/h4-6,11H,10H2,1-3H3. The fraction of sp³-hybridized carbons (Fsp3) is 0.333. The second kappa shape index (κ2) is 4.00. The molecule has 0 bridgehead atoms. The Hall–Kier alpha value is -1.42. The van der Waals surface area contributed by atoms with Gasteiger partial charge in [0, 0.05) is 14.1 Å². The highest BCUT2D eigenvalue weighted by molar-refractivity contribution is 5.72. The summed E-state index contributed by atoms with van der Waals surface area (Å²) in [5, 5.41) is 1.82. The van der Waals surface area contributed by atoms with Crippen LogP contribution < -0.4 is 15.9 Å². The Morgan fingerprint density at radius 3 is 2.62 bits per heavy atom. The molecule has 4 heteroatoms. The second-order valence-electron chi connectivity index (χ2n) is 2.93. The number of rotatable bonds is 3. The number of nitrogen functional groups attached to an aromatic ring is 1. The average molecular weight is 181 g/mol. The highest BCUT2D eigenvalue weighted by Crippen LogP contribution is 2.28. The zero-order valence-electron chi connectivity index (χ0n) is 8.16. The molecular weight excluding hydrogens is 166 g/mol. The smallest absolute Gasteiger partial charge is 0.143 e. The molecule has 0 aliphatic carbocycles. The molecule has 4 nitrogen and oxygen atoms in total. The fourth-order valence-electron chi connectivity index (χ4n) is 1.06. The number of para-hydroxylation sites is 1. The molecule has 0 aliphatic rings. The van der Waals surface area contributed by atoms with Crippen molar-refractivity contribution in [3.8, 4) is 5.75 Å². The Kier molecular flexibility index (Phi) is 2.97. The van der Waals surface area contributed by atoms with Crippen LogP contribution in [-0.4, -0.2) is 26.2 Å². The van der Waals surface area contributed by atoms with Gasteiger partial charge in [0.2, 0.25) is 0 Å². The first-order valence-corrected chi connectivity index (χ1v) is 4.01. The van der Waals surface area contributed by atoms with Crippen LogP contribution in [0.5, 0.6) is 5.75 Å². The Morgan fingerprint density at radius 1 is 1.38 bits per heavy atom. The number of nitrogens with one attached hydrogen (secondary N) is 1. The van der Waals surface area contributed by atoms with Crippen molar-refractivity contribution >= 4 is 11.4 Å². The lowest BCUT2D eigenvalue weighted by Gasteiger charge is -2.16. The largest absolute Gasteiger partial charge is 0.495 e. The summed E-state index contributed by atoms with van der Waals surface area (Å²) in [7, 11) is 5.41. The molecule has 0 aromatic heterocycles. The summed E-state index contributed by atoms with van der Waals surface area (Å²) in [6.07, 6.45) is 0. The molecule has 0 saturated heterocycles. The molecule has 0 unspecified atom stereocenters. The molecule has 3 N–H and O–H groups in total. The summed E-state index contributed by atoms with van der Waals surface area (Å²) < 4.78 is 5.08. The van der Waals surface area contributed by atoms with Gasteiger partial charge in [-0.05, 0) is 12.1 Å². The SMILES string of the molecule is COc1cccc(NN(C)C)c1N. The summed E-state index contributed by atoms with van der Waals surface area (Å²) in [5.74, 6) is 0.687. The highest BCUT2D eigenvalue weighted by Gasteiger charge is 2.04. The van der Waals surface area contributed by atoms with E-state index >= 15 is 0 Å². The van der Waals surface area contributed by atoms with Crippen LogP contribution >= 0.6 is 0 Å². The van der Waals surface area contributed by atoms with Crippen LogP contribution in [-0.2, 0) is 0 Å². The van der Waals surface area contributed by atoms with Crippen LogP contribution in [0.1, 0.15) is 0 Å². The summed E-state index contributed by atoms with van der Waals surface area (Å²) in [6, 6.07) is 5.62. The van der Waals surface area contributed by atoms with Crippen molar-refractivity contribution in [1.82, 2.24) is 5.01 Å². The maximum Gasteiger partial charge on any atom is 0.143 e. The van der Waals surface area contributed by atoms with Crippen molar-refractivity contribution < 1.29 is 4.74 Å². The lowest BCUT2D eigenvalue weighted by atomic mass is 10.2. The average Bonchev–Trinajstić information content (AvgIpc) is 2.08. The van der Waals surface area contributed by atoms with Gasteiger partial charge in [-0.3, -0.25) is 0 Å². The van der Waals surface area contributed by atoms with Crippen molar-refractivity contribution in [1.29, 1.82) is 0 Å². The van der Waals surface area contributed by atoms with Gasteiger partial charge in [-0.15, -0.1) is 0 Å². The minimum atomic E-state index is 0.624. The lowest BCUT2D eigenvalue weighted by molar-refractivity contribution is 0.416. The zero-order valence-corrected chi connectivity index (χ0v) is 8.16. The van der Waals surface area contributed by atoms with Crippen LogP contribution in [0.3, 0.4) is 0 Å². The maximum absolute atomic E-state index is 5.83. The molecule has 1 rings (SSSR count). The minimum Gasteiger partial charge on any atom is -0.495 e. The first-order chi connectivity index (χ1) is 6.15. The number of hydrazine groups is 1. The van der Waals surface area contributed by atoms with Crippen molar-refractivity contribution in [2.24, 2.45) is 0 Å². The molecule has 0 saturated carbocycles. The van der Waals surface area contributed by atoms with Crippen molar-refractivity contribution in [2.75, 3.05) is 32.4 Å². The number of ether oxygens (including phenoxy) is 1. The summed E-state index contributed by atoms with van der Waals surface area (Å²) in [4.78, 5) is 0. The summed E-state index contributed by atoms with van der Waals surface area (Å²) in [5.41, 5.74) is 10.4. The summed E-state index contributed by atoms with van der Waals surface area (Å²) >= 11 is 0. The molecule has 72 valence electrons. The van der Waals surface area contributed by atoms with Gasteiger partial charge in [0.25, 0.3) is 0 Å². The predicted molar refractivity (Wildman–Crippen MR) is 54.7 cm³/mol. The van der Waals surface area contributed by atoms with Crippen LogP contribution in [0.15, 0.2) is 18.2 Å². The van der Waals surface area contributed by atoms with E-state index in [1.54, 1.807) is 7.11 Å². The Labute approximate surface area is 78.3 Å². The van der Waals surface area contributed by atoms with Gasteiger partial charge in [-0.1, -0.05) is 6.07 Å². The molecule has 0 aliphatic heterocycles. The van der Waals surface area contributed by atoms with E-state index in [9.17, 15) is 0 Å². The Morgan fingerprint density at radius 2 is 2.08 bits per heavy atom. The third-order valence-electron chi connectivity index (χ3n) is 1.63. The highest BCUT2D eigenvalue weighted by atomic mass is 16.5. The molecule has 0 spiro atoms. The molecule has 0 radical (unpaired) electrons. The lowest BCUT2D eigenvalue weighted by Crippen LogP contribution is -2.20. The molecular formula is C9H15N3O. The number of anilines is 2. The van der Waals surface area contributed by atoms with Gasteiger partial charge < -0.3 is 15.9 Å². The van der Waals surface area contributed by atoms with Crippen molar-refractivity contribution in [3.63, 3.8) is 0 Å². The van der Waals surface area contributed by atoms with Crippen molar-refractivity contribution in [3.05, 3.63) is 18.2 Å². The summed E-state index contributed by atoms with van der Waals surface area (Å²) in [6.45, 7) is 0. The second-order valence-corrected chi connectivity index (χ2v) is 2.93. The minimum absolute atomic E-state index is 0.624. The third kappa shape index (κ3) is 2.26. The van der Waals surface area contributed by atoms with Gasteiger partial charge in [0.15, 0.2) is 0 Å². The number of benzene rings is 1. The Bertz CT molecular complexity index is 286. The number of hydrogen-bond donors (Lipinski definition) is 2. The number of hydrogen-bond acceptors (Lipinski definition) is 4. The number of methoxy groups -OCH3 is 1. The van der Waals surface area contributed by atoms with Crippen LogP contribution in [0.25, 0.3) is 0 Å². The van der Waals surface area contributed by atoms with Crippen LogP contribution in [0, 0.1) is 0 Å². The van der Waals surface area contributed by atoms with Gasteiger partial charge in [-0.25, -0.2) is 5.01 Å². The van der Waals surface area contributed by atoms with E-state index in [1.165, 1.54) is 0 Å². The molecule has 0 amide bonds. The predicted octanol–water partition coefficient (Wildman–Crippen LogP) is 1.17. The van der Waals surface area contributed by atoms with Crippen molar-refractivity contribution in [2.45, 2.75) is 0 Å². The topological polar surface area (TPSA) is 50.5 Å². The molecule has 0 fully saturated rings. The quantitative estimate of drug-likeness (QED) is 0.543. The molecule has 0 atom stereocenters. The van der Waals surface area contributed by atoms with E-state index in [-0.39, 0.29) is 0 Å². The molecule has 0 heterocycles. The maximum atomic E-state index is 5.83. The first kappa shape index (κ1) is 9.67. The van der Waals surface area contributed by atoms with E-state index in [1.807, 2.05) is 37.3 Å². The van der Waals surface area contributed by atoms with Gasteiger partial charge in [-0.2, -0.15) is 0 Å². The van der Waals surface area contributed by atoms with E-state index in [0.29, 0.717) is 11.4 Å². The van der Waals surface area contributed by atoms with Gasteiger partial charge in [0.05, 0.1) is 18.5 Å². The van der Waals surface area contributed by atoms with E-state index in [4.69, 9.17) is 10.5 Å². The molecule has 1 aromatic carbocycles. The van der Waals surface area contributed by atoms with E-state index in [0.717, 1.165) is 5.69 Å². The number of nitrogens with two attached hydrogens (primary N) is 1. The Balaban J connectivity index is 2.94. The number of nitrogens with zero attached hydrogens (tertiary/aromatic N) is 1. The normalized spacial score (nSPS) is 10.2. The fourth-order valence-corrected chi connectivity index (χ4v) is 1.06. The van der Waals surface area contributed by atoms with Crippen LogP contribution in [0.4, 0.5) is 11.4 Å². The zero-order chi connectivity index (χ0) is 9.84. The van der Waals surface area contributed by atoms with E-state index < -0.39 is 0 Å².